The Balaban J connectivity index is 2.42. The number of hydrogen-bond acceptors (Lipinski definition) is 4. The Bertz CT molecular complexity index is 228. The molecular formula is C15H32N2O2. The molecule has 0 amide bonds. The van der Waals surface area contributed by atoms with Crippen LogP contribution in [0.1, 0.15) is 40.0 Å². The molecule has 0 aromatic rings. The van der Waals surface area contributed by atoms with Gasteiger partial charge in [0.15, 0.2) is 0 Å². The molecule has 0 spiro atoms. The van der Waals surface area contributed by atoms with E-state index in [1.54, 1.807) is 0 Å². The summed E-state index contributed by atoms with van der Waals surface area (Å²) in [5, 5.41) is 0. The Labute approximate surface area is 118 Å². The quantitative estimate of drug-likeness (QED) is 0.617. The lowest BCUT2D eigenvalue weighted by Gasteiger charge is -2.35. The molecule has 2 atom stereocenters. The Hall–Kier alpha value is -0.160. The van der Waals surface area contributed by atoms with Crippen LogP contribution in [0.2, 0.25) is 0 Å². The zero-order chi connectivity index (χ0) is 14.1. The van der Waals surface area contributed by atoms with E-state index < -0.39 is 0 Å². The molecule has 4 nitrogen and oxygen atoms in total. The van der Waals surface area contributed by atoms with Gasteiger partial charge in [0.05, 0.1) is 13.2 Å². The fourth-order valence-corrected chi connectivity index (χ4v) is 2.91. The maximum Gasteiger partial charge on any atom is 0.0593 e. The summed E-state index contributed by atoms with van der Waals surface area (Å²) in [6.07, 6.45) is 3.68. The molecule has 0 saturated heterocycles. The summed E-state index contributed by atoms with van der Waals surface area (Å²) in [7, 11) is 0. The molecule has 114 valence electrons. The maximum absolute atomic E-state index is 6.28. The van der Waals surface area contributed by atoms with Crippen molar-refractivity contribution >= 4 is 0 Å². The van der Waals surface area contributed by atoms with Crippen LogP contribution in [0, 0.1) is 5.41 Å². The predicted octanol–water partition coefficient (Wildman–Crippen LogP) is 1.88. The Morgan fingerprint density at radius 2 is 1.74 bits per heavy atom. The molecular weight excluding hydrogens is 240 g/mol. The molecule has 1 aliphatic carbocycles. The van der Waals surface area contributed by atoms with E-state index in [1.165, 1.54) is 19.3 Å². The Morgan fingerprint density at radius 3 is 2.16 bits per heavy atom. The Kier molecular flexibility index (Phi) is 7.91. The molecule has 1 saturated carbocycles. The molecule has 0 aromatic heterocycles. The molecule has 2 unspecified atom stereocenters. The molecule has 1 fully saturated rings. The highest BCUT2D eigenvalue weighted by molar-refractivity contribution is 4.93. The van der Waals surface area contributed by atoms with E-state index in [9.17, 15) is 0 Å². The highest BCUT2D eigenvalue weighted by Crippen LogP contribution is 2.37. The van der Waals surface area contributed by atoms with Crippen LogP contribution in [0.5, 0.6) is 0 Å². The van der Waals surface area contributed by atoms with Gasteiger partial charge in [-0.2, -0.15) is 0 Å². The smallest absolute Gasteiger partial charge is 0.0593 e. The number of nitrogens with two attached hydrogens (primary N) is 1. The van der Waals surface area contributed by atoms with E-state index in [4.69, 9.17) is 15.2 Å². The molecule has 1 aliphatic rings. The fraction of sp³-hybridized carbons (Fsp3) is 1.00. The van der Waals surface area contributed by atoms with E-state index in [0.29, 0.717) is 6.04 Å². The summed E-state index contributed by atoms with van der Waals surface area (Å²) in [6.45, 7) is 12.6. The van der Waals surface area contributed by atoms with Gasteiger partial charge in [-0.15, -0.1) is 0 Å². The third-order valence-corrected chi connectivity index (χ3v) is 4.25. The molecule has 4 heteroatoms. The van der Waals surface area contributed by atoms with Crippen LogP contribution >= 0.6 is 0 Å². The lowest BCUT2D eigenvalue weighted by Crippen LogP contribution is -2.46. The number of ether oxygens (including phenoxy) is 2. The summed E-state index contributed by atoms with van der Waals surface area (Å²) in [5.74, 6) is 0. The van der Waals surface area contributed by atoms with E-state index in [-0.39, 0.29) is 5.41 Å². The highest BCUT2D eigenvalue weighted by Gasteiger charge is 2.37. The summed E-state index contributed by atoms with van der Waals surface area (Å²) < 4.78 is 11.0. The van der Waals surface area contributed by atoms with Gasteiger partial charge in [0.2, 0.25) is 0 Å². The normalized spacial score (nSPS) is 27.3. The van der Waals surface area contributed by atoms with Crippen molar-refractivity contribution in [3.8, 4) is 0 Å². The van der Waals surface area contributed by atoms with Crippen LogP contribution in [0.25, 0.3) is 0 Å². The lowest BCUT2D eigenvalue weighted by atomic mass is 9.84. The first-order chi connectivity index (χ1) is 9.12. The minimum atomic E-state index is 0.262. The zero-order valence-corrected chi connectivity index (χ0v) is 13.0. The zero-order valence-electron chi connectivity index (χ0n) is 13.0. The number of nitrogens with zero attached hydrogens (tertiary/aromatic N) is 1. The van der Waals surface area contributed by atoms with Crippen LogP contribution in [0.15, 0.2) is 0 Å². The first-order valence-electron chi connectivity index (χ1n) is 7.75. The van der Waals surface area contributed by atoms with Crippen molar-refractivity contribution in [2.45, 2.75) is 46.1 Å². The topological polar surface area (TPSA) is 47.7 Å². The van der Waals surface area contributed by atoms with Crippen LogP contribution in [-0.2, 0) is 9.47 Å². The van der Waals surface area contributed by atoms with Crippen molar-refractivity contribution in [1.82, 2.24) is 4.90 Å². The average molecular weight is 272 g/mol. The van der Waals surface area contributed by atoms with E-state index in [2.05, 4.69) is 11.8 Å². The molecule has 0 aliphatic heterocycles. The van der Waals surface area contributed by atoms with Gasteiger partial charge in [0.1, 0.15) is 0 Å². The maximum atomic E-state index is 6.28. The van der Waals surface area contributed by atoms with Gasteiger partial charge >= 0.3 is 0 Å². The second-order valence-electron chi connectivity index (χ2n) is 5.82. The van der Waals surface area contributed by atoms with Crippen molar-refractivity contribution < 1.29 is 9.47 Å². The summed E-state index contributed by atoms with van der Waals surface area (Å²) in [4.78, 5) is 2.45. The van der Waals surface area contributed by atoms with E-state index in [1.807, 2.05) is 13.8 Å². The first kappa shape index (κ1) is 16.9. The molecule has 0 bridgehead atoms. The summed E-state index contributed by atoms with van der Waals surface area (Å²) in [6, 6.07) is 0.342. The van der Waals surface area contributed by atoms with E-state index in [0.717, 1.165) is 46.1 Å². The van der Waals surface area contributed by atoms with Gasteiger partial charge in [-0.3, -0.25) is 4.90 Å². The molecule has 2 N–H and O–H groups in total. The lowest BCUT2D eigenvalue weighted by molar-refractivity contribution is 0.0598. The minimum absolute atomic E-state index is 0.262. The SMILES string of the molecule is CCOCCN(CCOCC)CC1(C)CCCC1N. The fourth-order valence-electron chi connectivity index (χ4n) is 2.91. The van der Waals surface area contributed by atoms with Gasteiger partial charge in [0.25, 0.3) is 0 Å². The van der Waals surface area contributed by atoms with E-state index >= 15 is 0 Å². The average Bonchev–Trinajstić information content (AvgIpc) is 2.70. The first-order valence-corrected chi connectivity index (χ1v) is 7.75. The monoisotopic (exact) mass is 272 g/mol. The molecule has 1 rings (SSSR count). The van der Waals surface area contributed by atoms with Gasteiger partial charge < -0.3 is 15.2 Å². The third-order valence-electron chi connectivity index (χ3n) is 4.25. The predicted molar refractivity (Wildman–Crippen MR) is 79.4 cm³/mol. The van der Waals surface area contributed by atoms with Gasteiger partial charge in [0, 0.05) is 38.9 Å². The Morgan fingerprint density at radius 1 is 1.16 bits per heavy atom. The van der Waals surface area contributed by atoms with Gasteiger partial charge in [-0.05, 0) is 32.1 Å². The van der Waals surface area contributed by atoms with Crippen LogP contribution < -0.4 is 5.73 Å². The van der Waals surface area contributed by atoms with Crippen LogP contribution in [-0.4, -0.2) is 57.0 Å². The second-order valence-corrected chi connectivity index (χ2v) is 5.82. The van der Waals surface area contributed by atoms with Crippen molar-refractivity contribution in [3.63, 3.8) is 0 Å². The standard InChI is InChI=1S/C15H32N2O2/c1-4-18-11-9-17(10-12-19-5-2)13-15(3)8-6-7-14(15)16/h14H,4-13,16H2,1-3H3. The summed E-state index contributed by atoms with van der Waals surface area (Å²) in [5.41, 5.74) is 6.54. The molecule has 19 heavy (non-hydrogen) atoms. The van der Waals surface area contributed by atoms with Crippen molar-refractivity contribution in [2.75, 3.05) is 46.1 Å². The number of rotatable bonds is 10. The van der Waals surface area contributed by atoms with Crippen LogP contribution in [0.3, 0.4) is 0 Å². The molecule has 0 heterocycles. The molecule has 0 aromatic carbocycles. The van der Waals surface area contributed by atoms with Crippen LogP contribution in [0.4, 0.5) is 0 Å². The van der Waals surface area contributed by atoms with Gasteiger partial charge in [-0.25, -0.2) is 0 Å². The third kappa shape index (κ3) is 5.78. The molecule has 0 radical (unpaired) electrons. The largest absolute Gasteiger partial charge is 0.380 e. The highest BCUT2D eigenvalue weighted by atomic mass is 16.5. The van der Waals surface area contributed by atoms with Crippen molar-refractivity contribution in [1.29, 1.82) is 0 Å². The van der Waals surface area contributed by atoms with Crippen molar-refractivity contribution in [2.24, 2.45) is 11.1 Å². The summed E-state index contributed by atoms with van der Waals surface area (Å²) >= 11 is 0. The number of hydrogen-bond donors (Lipinski definition) is 1. The van der Waals surface area contributed by atoms with Crippen molar-refractivity contribution in [3.05, 3.63) is 0 Å². The van der Waals surface area contributed by atoms with Gasteiger partial charge in [-0.1, -0.05) is 13.3 Å². The minimum Gasteiger partial charge on any atom is -0.380 e. The second kappa shape index (κ2) is 8.90.